The van der Waals surface area contributed by atoms with Crippen molar-refractivity contribution in [1.29, 1.82) is 0 Å². The lowest BCUT2D eigenvalue weighted by Crippen LogP contribution is -2.24. The Kier molecular flexibility index (Phi) is 4.93. The molecule has 0 spiro atoms. The SMILES string of the molecule is CNC(=O)Nc1ccc(NC(=O)c2cncn2-c2ccc(F)cc2)cc1. The van der Waals surface area contributed by atoms with Gasteiger partial charge in [0.1, 0.15) is 11.5 Å². The summed E-state index contributed by atoms with van der Waals surface area (Å²) >= 11 is 0. The lowest BCUT2D eigenvalue weighted by atomic mass is 10.2. The summed E-state index contributed by atoms with van der Waals surface area (Å²) in [6.07, 6.45) is 2.92. The van der Waals surface area contributed by atoms with E-state index < -0.39 is 0 Å². The van der Waals surface area contributed by atoms with Gasteiger partial charge < -0.3 is 16.0 Å². The summed E-state index contributed by atoms with van der Waals surface area (Å²) in [4.78, 5) is 27.8. The second kappa shape index (κ2) is 7.47. The molecular weight excluding hydrogens is 337 g/mol. The summed E-state index contributed by atoms with van der Waals surface area (Å²) in [5, 5.41) is 7.84. The Labute approximate surface area is 148 Å². The highest BCUT2D eigenvalue weighted by Crippen LogP contribution is 2.16. The van der Waals surface area contributed by atoms with Crippen LogP contribution in [0.3, 0.4) is 0 Å². The maximum absolute atomic E-state index is 13.1. The fourth-order valence-electron chi connectivity index (χ4n) is 2.30. The molecule has 3 amide bonds. The molecule has 0 radical (unpaired) electrons. The highest BCUT2D eigenvalue weighted by molar-refractivity contribution is 6.03. The smallest absolute Gasteiger partial charge is 0.318 e. The minimum absolute atomic E-state index is 0.309. The van der Waals surface area contributed by atoms with Gasteiger partial charge in [0.15, 0.2) is 0 Å². The predicted octanol–water partition coefficient (Wildman–Crippen LogP) is 3.02. The van der Waals surface area contributed by atoms with Crippen molar-refractivity contribution in [2.24, 2.45) is 0 Å². The van der Waals surface area contributed by atoms with Crippen LogP contribution >= 0.6 is 0 Å². The van der Waals surface area contributed by atoms with Crippen molar-refractivity contribution in [2.75, 3.05) is 17.7 Å². The zero-order chi connectivity index (χ0) is 18.5. The minimum Gasteiger partial charge on any atom is -0.341 e. The number of rotatable bonds is 4. The van der Waals surface area contributed by atoms with Crippen molar-refractivity contribution >= 4 is 23.3 Å². The maximum atomic E-state index is 13.1. The molecule has 26 heavy (non-hydrogen) atoms. The topological polar surface area (TPSA) is 88.1 Å². The van der Waals surface area contributed by atoms with E-state index >= 15 is 0 Å². The van der Waals surface area contributed by atoms with E-state index in [-0.39, 0.29) is 17.8 Å². The third-order valence-electron chi connectivity index (χ3n) is 3.60. The van der Waals surface area contributed by atoms with Gasteiger partial charge in [0.2, 0.25) is 0 Å². The van der Waals surface area contributed by atoms with Crippen molar-refractivity contribution in [3.05, 3.63) is 72.6 Å². The van der Waals surface area contributed by atoms with Crippen molar-refractivity contribution in [2.45, 2.75) is 0 Å². The number of hydrogen-bond donors (Lipinski definition) is 3. The third kappa shape index (κ3) is 3.86. The first-order valence-electron chi connectivity index (χ1n) is 7.75. The number of hydrogen-bond acceptors (Lipinski definition) is 3. The van der Waals surface area contributed by atoms with E-state index in [1.807, 2.05) is 0 Å². The first kappa shape index (κ1) is 17.2. The predicted molar refractivity (Wildman–Crippen MR) is 96.0 cm³/mol. The molecule has 7 nitrogen and oxygen atoms in total. The third-order valence-corrected chi connectivity index (χ3v) is 3.60. The van der Waals surface area contributed by atoms with Gasteiger partial charge in [0.25, 0.3) is 5.91 Å². The molecule has 0 aliphatic carbocycles. The Bertz CT molecular complexity index is 920. The molecule has 0 bridgehead atoms. The largest absolute Gasteiger partial charge is 0.341 e. The van der Waals surface area contributed by atoms with E-state index in [9.17, 15) is 14.0 Å². The van der Waals surface area contributed by atoms with Gasteiger partial charge in [-0.05, 0) is 48.5 Å². The fraction of sp³-hybridized carbons (Fsp3) is 0.0556. The molecule has 3 aromatic rings. The molecule has 0 unspecified atom stereocenters. The number of aromatic nitrogens is 2. The van der Waals surface area contributed by atoms with Crippen molar-refractivity contribution < 1.29 is 14.0 Å². The van der Waals surface area contributed by atoms with Crippen molar-refractivity contribution in [3.63, 3.8) is 0 Å². The molecule has 1 aromatic heterocycles. The monoisotopic (exact) mass is 353 g/mol. The van der Waals surface area contributed by atoms with Crippen LogP contribution in [0.25, 0.3) is 5.69 Å². The fourth-order valence-corrected chi connectivity index (χ4v) is 2.30. The molecule has 3 N–H and O–H groups in total. The van der Waals surface area contributed by atoms with E-state index in [0.717, 1.165) is 0 Å². The molecule has 2 aromatic carbocycles. The van der Waals surface area contributed by atoms with Gasteiger partial charge >= 0.3 is 6.03 Å². The molecule has 0 fully saturated rings. The Hall–Kier alpha value is -3.68. The highest BCUT2D eigenvalue weighted by atomic mass is 19.1. The van der Waals surface area contributed by atoms with Gasteiger partial charge in [-0.25, -0.2) is 14.2 Å². The molecule has 0 atom stereocenters. The lowest BCUT2D eigenvalue weighted by Gasteiger charge is -2.10. The molecule has 132 valence electrons. The van der Waals surface area contributed by atoms with Gasteiger partial charge in [-0.3, -0.25) is 9.36 Å². The number of amides is 3. The molecule has 0 saturated carbocycles. The van der Waals surface area contributed by atoms with E-state index in [1.54, 1.807) is 41.0 Å². The van der Waals surface area contributed by atoms with Crippen molar-refractivity contribution in [1.82, 2.24) is 14.9 Å². The molecular formula is C18H16FN5O2. The standard InChI is InChI=1S/C18H16FN5O2/c1-20-18(26)23-14-6-4-13(5-7-14)22-17(25)16-10-21-11-24(16)15-8-2-12(19)3-9-15/h2-11H,1H3,(H,22,25)(H2,20,23,26). The Morgan fingerprint density at radius 3 is 2.19 bits per heavy atom. The number of nitrogens with one attached hydrogen (secondary N) is 3. The summed E-state index contributed by atoms with van der Waals surface area (Å²) in [7, 11) is 1.52. The van der Waals surface area contributed by atoms with Gasteiger partial charge in [-0.2, -0.15) is 0 Å². The Morgan fingerprint density at radius 1 is 0.962 bits per heavy atom. The number of carbonyl (C=O) groups excluding carboxylic acids is 2. The summed E-state index contributed by atoms with van der Waals surface area (Å²) in [6, 6.07) is 12.1. The Balaban J connectivity index is 1.74. The number of anilines is 2. The molecule has 8 heteroatoms. The van der Waals surface area contributed by atoms with Crippen LogP contribution in [0.1, 0.15) is 10.5 Å². The summed E-state index contributed by atoms with van der Waals surface area (Å²) in [5.74, 6) is -0.718. The molecule has 1 heterocycles. The summed E-state index contributed by atoms with van der Waals surface area (Å²) in [5.41, 5.74) is 2.09. The Morgan fingerprint density at radius 2 is 1.58 bits per heavy atom. The number of benzene rings is 2. The number of carbonyl (C=O) groups is 2. The van der Waals surface area contributed by atoms with Gasteiger partial charge in [-0.1, -0.05) is 0 Å². The quantitative estimate of drug-likeness (QED) is 0.674. The van der Waals surface area contributed by atoms with Crippen LogP contribution < -0.4 is 16.0 Å². The van der Waals surface area contributed by atoms with Crippen LogP contribution in [-0.2, 0) is 0 Å². The highest BCUT2D eigenvalue weighted by Gasteiger charge is 2.13. The molecule has 0 aliphatic heterocycles. The normalized spacial score (nSPS) is 10.2. The van der Waals surface area contributed by atoms with Crippen LogP contribution in [-0.4, -0.2) is 28.5 Å². The molecule has 3 rings (SSSR count). The summed E-state index contributed by atoms with van der Waals surface area (Å²) in [6.45, 7) is 0. The zero-order valence-electron chi connectivity index (χ0n) is 13.9. The maximum Gasteiger partial charge on any atom is 0.318 e. The second-order valence-electron chi connectivity index (χ2n) is 5.36. The average Bonchev–Trinajstić information content (AvgIpc) is 3.14. The summed E-state index contributed by atoms with van der Waals surface area (Å²) < 4.78 is 14.6. The first-order valence-corrected chi connectivity index (χ1v) is 7.75. The van der Waals surface area contributed by atoms with Gasteiger partial charge in [0, 0.05) is 24.1 Å². The van der Waals surface area contributed by atoms with E-state index in [0.29, 0.717) is 22.8 Å². The van der Waals surface area contributed by atoms with Gasteiger partial charge in [-0.15, -0.1) is 0 Å². The van der Waals surface area contributed by atoms with Gasteiger partial charge in [0.05, 0.1) is 12.5 Å². The average molecular weight is 353 g/mol. The van der Waals surface area contributed by atoms with Crippen LogP contribution in [0.2, 0.25) is 0 Å². The van der Waals surface area contributed by atoms with Crippen LogP contribution in [0.5, 0.6) is 0 Å². The van der Waals surface area contributed by atoms with Crippen LogP contribution in [0.4, 0.5) is 20.6 Å². The second-order valence-corrected chi connectivity index (χ2v) is 5.36. The number of nitrogens with zero attached hydrogens (tertiary/aromatic N) is 2. The van der Waals surface area contributed by atoms with Crippen molar-refractivity contribution in [3.8, 4) is 5.69 Å². The molecule has 0 aliphatic rings. The number of urea groups is 1. The first-order chi connectivity index (χ1) is 12.6. The van der Waals surface area contributed by atoms with E-state index in [4.69, 9.17) is 0 Å². The minimum atomic E-state index is -0.362. The zero-order valence-corrected chi connectivity index (χ0v) is 13.9. The van der Waals surface area contributed by atoms with E-state index in [2.05, 4.69) is 20.9 Å². The molecule has 0 saturated heterocycles. The lowest BCUT2D eigenvalue weighted by molar-refractivity contribution is 0.102. The number of halogens is 1. The van der Waals surface area contributed by atoms with E-state index in [1.165, 1.54) is 31.7 Å². The number of imidazole rings is 1. The van der Waals surface area contributed by atoms with Crippen LogP contribution in [0.15, 0.2) is 61.1 Å². The van der Waals surface area contributed by atoms with Crippen LogP contribution in [0, 0.1) is 5.82 Å².